The number of ether oxygens (including phenoxy) is 1. The van der Waals surface area contributed by atoms with Crippen LogP contribution in [0.15, 0.2) is 23.4 Å². The topological polar surface area (TPSA) is 9.23 Å². The van der Waals surface area contributed by atoms with Crippen molar-refractivity contribution in [3.8, 4) is 0 Å². The number of hydrogen-bond donors (Lipinski definition) is 0. The summed E-state index contributed by atoms with van der Waals surface area (Å²) >= 11 is 3.16. The van der Waals surface area contributed by atoms with Crippen LogP contribution in [0.25, 0.3) is 0 Å². The van der Waals surface area contributed by atoms with Gasteiger partial charge in [0.05, 0.1) is 17.9 Å². The molecule has 0 saturated heterocycles. The Morgan fingerprint density at radius 3 is 2.57 bits per heavy atom. The molecule has 0 amide bonds. The van der Waals surface area contributed by atoms with Crippen molar-refractivity contribution in [1.82, 2.24) is 0 Å². The Bertz CT molecular complexity index is 86.1. The fourth-order valence-corrected chi connectivity index (χ4v) is 0.348. The Kier molecular flexibility index (Phi) is 3.80. The summed E-state index contributed by atoms with van der Waals surface area (Å²) in [6, 6.07) is 0. The Morgan fingerprint density at radius 2 is 2.43 bits per heavy atom. The van der Waals surface area contributed by atoms with Crippen LogP contribution < -0.4 is 0 Å². The highest BCUT2D eigenvalue weighted by Gasteiger charge is 1.75. The van der Waals surface area contributed by atoms with Crippen LogP contribution in [0.4, 0.5) is 0 Å². The first-order chi connectivity index (χ1) is 3.31. The van der Waals surface area contributed by atoms with Crippen LogP contribution in [0.3, 0.4) is 0 Å². The Morgan fingerprint density at radius 1 is 1.86 bits per heavy atom. The van der Waals surface area contributed by atoms with Crippen molar-refractivity contribution >= 4 is 15.9 Å². The molecule has 0 heterocycles. The predicted octanol–water partition coefficient (Wildman–Crippen LogP) is 2.06. The van der Waals surface area contributed by atoms with E-state index in [1.54, 1.807) is 19.4 Å². The van der Waals surface area contributed by atoms with Crippen molar-refractivity contribution in [3.63, 3.8) is 0 Å². The average Bonchev–Trinajstić information content (AvgIpc) is 1.68. The van der Waals surface area contributed by atoms with Crippen LogP contribution in [0, 0.1) is 0 Å². The fraction of sp³-hybridized carbons (Fsp3) is 0.200. The zero-order chi connectivity index (χ0) is 5.70. The van der Waals surface area contributed by atoms with Gasteiger partial charge in [-0.15, -0.1) is 0 Å². The molecule has 7 heavy (non-hydrogen) atoms. The molecule has 0 aromatic rings. The molecule has 0 aromatic heterocycles. The number of hydrogen-bond acceptors (Lipinski definition) is 1. The highest BCUT2D eigenvalue weighted by atomic mass is 79.9. The van der Waals surface area contributed by atoms with Gasteiger partial charge in [0.15, 0.2) is 0 Å². The second-order valence-corrected chi connectivity index (χ2v) is 1.86. The zero-order valence-electron chi connectivity index (χ0n) is 4.15. The monoisotopic (exact) mass is 162 g/mol. The highest BCUT2D eigenvalue weighted by molar-refractivity contribution is 9.11. The molecule has 0 spiro atoms. The summed E-state index contributed by atoms with van der Waals surface area (Å²) in [5.74, 6) is 0. The van der Waals surface area contributed by atoms with Gasteiger partial charge in [0.2, 0.25) is 0 Å². The van der Waals surface area contributed by atoms with E-state index < -0.39 is 0 Å². The Balaban J connectivity index is 3.49. The minimum atomic E-state index is 0.856. The molecule has 1 nitrogen and oxygen atoms in total. The van der Waals surface area contributed by atoms with Crippen molar-refractivity contribution in [1.29, 1.82) is 0 Å². The molecule has 0 radical (unpaired) electrons. The summed E-state index contributed by atoms with van der Waals surface area (Å²) in [5.41, 5.74) is 0. The maximum atomic E-state index is 4.61. The van der Waals surface area contributed by atoms with Crippen molar-refractivity contribution in [2.45, 2.75) is 0 Å². The van der Waals surface area contributed by atoms with Gasteiger partial charge in [-0.3, -0.25) is 0 Å². The van der Waals surface area contributed by atoms with E-state index >= 15 is 0 Å². The second-order valence-electron chi connectivity index (χ2n) is 0.943. The van der Waals surface area contributed by atoms with E-state index in [9.17, 15) is 0 Å². The van der Waals surface area contributed by atoms with Crippen LogP contribution in [-0.4, -0.2) is 7.11 Å². The molecule has 0 aliphatic rings. The summed E-state index contributed by atoms with van der Waals surface area (Å²) in [7, 11) is 1.59. The summed E-state index contributed by atoms with van der Waals surface area (Å²) in [6.45, 7) is 3.48. The standard InChI is InChI=1S/C5H7BrO/c1-3-5(6)4-7-2/h3-4H,1H2,2H3/b5-4-. The van der Waals surface area contributed by atoms with Gasteiger partial charge in [-0.1, -0.05) is 12.7 Å². The summed E-state index contributed by atoms with van der Waals surface area (Å²) in [6.07, 6.45) is 3.22. The van der Waals surface area contributed by atoms with E-state index in [1.807, 2.05) is 0 Å². The van der Waals surface area contributed by atoms with E-state index in [4.69, 9.17) is 0 Å². The molecule has 0 saturated carbocycles. The maximum absolute atomic E-state index is 4.61. The average molecular weight is 163 g/mol. The van der Waals surface area contributed by atoms with Crippen LogP contribution >= 0.6 is 15.9 Å². The molecular formula is C5H7BrO. The molecule has 0 N–H and O–H groups in total. The number of methoxy groups -OCH3 is 1. The van der Waals surface area contributed by atoms with Crippen molar-refractivity contribution in [2.75, 3.05) is 7.11 Å². The second kappa shape index (κ2) is 3.93. The fourth-order valence-electron chi connectivity index (χ4n) is 0.161. The zero-order valence-corrected chi connectivity index (χ0v) is 5.73. The lowest BCUT2D eigenvalue weighted by molar-refractivity contribution is 0.337. The van der Waals surface area contributed by atoms with Gasteiger partial charge in [-0.25, -0.2) is 0 Å². The van der Waals surface area contributed by atoms with Gasteiger partial charge < -0.3 is 4.74 Å². The van der Waals surface area contributed by atoms with Gasteiger partial charge in [-0.2, -0.15) is 0 Å². The van der Waals surface area contributed by atoms with Gasteiger partial charge in [-0.05, 0) is 15.9 Å². The quantitative estimate of drug-likeness (QED) is 0.447. The first kappa shape index (κ1) is 6.76. The van der Waals surface area contributed by atoms with E-state index in [0.29, 0.717) is 0 Å². The largest absolute Gasteiger partial charge is 0.503 e. The minimum absolute atomic E-state index is 0.856. The molecule has 0 aliphatic carbocycles. The Hall–Kier alpha value is -0.240. The van der Waals surface area contributed by atoms with Crippen LogP contribution in [0.1, 0.15) is 0 Å². The van der Waals surface area contributed by atoms with Crippen LogP contribution in [0.5, 0.6) is 0 Å². The highest BCUT2D eigenvalue weighted by Crippen LogP contribution is 2.03. The summed E-state index contributed by atoms with van der Waals surface area (Å²) in [4.78, 5) is 0. The molecule has 0 aliphatic heterocycles. The van der Waals surface area contributed by atoms with Gasteiger partial charge in [0.25, 0.3) is 0 Å². The number of allylic oxidation sites excluding steroid dienone is 2. The molecule has 2 heteroatoms. The first-order valence-electron chi connectivity index (χ1n) is 1.82. The molecule has 0 atom stereocenters. The van der Waals surface area contributed by atoms with Crippen molar-refractivity contribution < 1.29 is 4.74 Å². The molecule has 0 rings (SSSR count). The van der Waals surface area contributed by atoms with E-state index in [1.165, 1.54) is 0 Å². The SMILES string of the molecule is C=C/C(Br)=C/OC. The molecule has 0 fully saturated rings. The van der Waals surface area contributed by atoms with E-state index in [0.717, 1.165) is 4.48 Å². The molecular weight excluding hydrogens is 156 g/mol. The third-order valence-corrected chi connectivity index (χ3v) is 0.936. The van der Waals surface area contributed by atoms with Crippen molar-refractivity contribution in [2.24, 2.45) is 0 Å². The molecule has 0 unspecified atom stereocenters. The minimum Gasteiger partial charge on any atom is -0.503 e. The van der Waals surface area contributed by atoms with Crippen LogP contribution in [-0.2, 0) is 4.74 Å². The normalized spacial score (nSPS) is 10.9. The Labute approximate surface area is 51.8 Å². The molecule has 0 aromatic carbocycles. The molecule has 40 valence electrons. The third kappa shape index (κ3) is 3.59. The van der Waals surface area contributed by atoms with E-state index in [2.05, 4.69) is 27.2 Å². The number of halogens is 1. The lowest BCUT2D eigenvalue weighted by atomic mass is 10.6. The van der Waals surface area contributed by atoms with Gasteiger partial charge in [0.1, 0.15) is 0 Å². The number of rotatable bonds is 2. The van der Waals surface area contributed by atoms with Crippen LogP contribution in [0.2, 0.25) is 0 Å². The lowest BCUT2D eigenvalue weighted by Gasteiger charge is -1.85. The lowest BCUT2D eigenvalue weighted by Crippen LogP contribution is -1.65. The smallest absolute Gasteiger partial charge is 0.0966 e. The third-order valence-electron chi connectivity index (χ3n) is 0.425. The summed E-state index contributed by atoms with van der Waals surface area (Å²) < 4.78 is 5.47. The van der Waals surface area contributed by atoms with Gasteiger partial charge in [0, 0.05) is 0 Å². The maximum Gasteiger partial charge on any atom is 0.0966 e. The summed E-state index contributed by atoms with van der Waals surface area (Å²) in [5, 5.41) is 0. The van der Waals surface area contributed by atoms with Gasteiger partial charge >= 0.3 is 0 Å². The first-order valence-corrected chi connectivity index (χ1v) is 2.61. The van der Waals surface area contributed by atoms with Crippen molar-refractivity contribution in [3.05, 3.63) is 23.4 Å². The van der Waals surface area contributed by atoms with E-state index in [-0.39, 0.29) is 0 Å². The molecule has 0 bridgehead atoms. The predicted molar refractivity (Wildman–Crippen MR) is 34.2 cm³/mol.